The Hall–Kier alpha value is -0.570. The van der Waals surface area contributed by atoms with E-state index in [1.165, 1.54) is 161 Å². The van der Waals surface area contributed by atoms with Gasteiger partial charge in [0.25, 0.3) is 0 Å². The van der Waals surface area contributed by atoms with Gasteiger partial charge in [-0.3, -0.25) is 9.69 Å². The van der Waals surface area contributed by atoms with Gasteiger partial charge in [-0.1, -0.05) is 174 Å². The topological polar surface area (TPSA) is 40.5 Å². The van der Waals surface area contributed by atoms with Gasteiger partial charge in [0.2, 0.25) is 0 Å². The molecule has 1 N–H and O–H groups in total. The number of hydrogen-bond donors (Lipinski definition) is 1. The highest BCUT2D eigenvalue weighted by Crippen LogP contribution is 2.16. The van der Waals surface area contributed by atoms with Crippen molar-refractivity contribution in [3.8, 4) is 0 Å². The number of aliphatic carboxylic acids is 1. The Morgan fingerprint density at radius 3 is 0.914 bits per heavy atom. The number of carboxylic acids is 1. The van der Waals surface area contributed by atoms with Crippen LogP contribution in [0.2, 0.25) is 0 Å². The Balaban J connectivity index is 3.13. The van der Waals surface area contributed by atoms with E-state index < -0.39 is 5.97 Å². The summed E-state index contributed by atoms with van der Waals surface area (Å²) >= 11 is 0. The first-order valence-electron chi connectivity index (χ1n) is 16.0. The highest BCUT2D eigenvalue weighted by Gasteiger charge is 2.18. The highest BCUT2D eigenvalue weighted by molar-refractivity contribution is 5.73. The van der Waals surface area contributed by atoms with Gasteiger partial charge < -0.3 is 5.11 Å². The molecule has 0 aliphatic heterocycles. The van der Waals surface area contributed by atoms with Gasteiger partial charge in [-0.25, -0.2) is 0 Å². The van der Waals surface area contributed by atoms with Crippen LogP contribution in [0.4, 0.5) is 0 Å². The van der Waals surface area contributed by atoms with Gasteiger partial charge in [0.1, 0.15) is 6.04 Å². The first-order valence-corrected chi connectivity index (χ1v) is 16.0. The average molecular weight is 496 g/mol. The number of hydrogen-bond acceptors (Lipinski definition) is 2. The summed E-state index contributed by atoms with van der Waals surface area (Å²) in [5, 5.41) is 9.19. The molecule has 1 unspecified atom stereocenters. The number of rotatable bonds is 29. The molecule has 0 aromatic carbocycles. The fraction of sp³-hybridized carbons (Fsp3) is 0.969. The Kier molecular flexibility index (Phi) is 27.6. The van der Waals surface area contributed by atoms with E-state index in [4.69, 9.17) is 0 Å². The van der Waals surface area contributed by atoms with Crippen molar-refractivity contribution in [3.63, 3.8) is 0 Å². The van der Waals surface area contributed by atoms with Gasteiger partial charge in [-0.2, -0.15) is 0 Å². The molecular weight excluding hydrogens is 430 g/mol. The van der Waals surface area contributed by atoms with E-state index in [1.807, 2.05) is 19.0 Å². The molecule has 0 aliphatic rings. The van der Waals surface area contributed by atoms with Crippen LogP contribution in [0.1, 0.15) is 180 Å². The molecule has 0 aromatic heterocycles. The maximum atomic E-state index is 11.2. The first-order chi connectivity index (χ1) is 17.1. The van der Waals surface area contributed by atoms with E-state index in [-0.39, 0.29) is 6.04 Å². The zero-order valence-electron chi connectivity index (χ0n) is 24.5. The summed E-state index contributed by atoms with van der Waals surface area (Å²) in [6, 6.07) is -0.315. The molecular formula is C32H65NO2. The minimum atomic E-state index is -0.686. The van der Waals surface area contributed by atoms with Gasteiger partial charge in [-0.15, -0.1) is 0 Å². The van der Waals surface area contributed by atoms with Crippen molar-refractivity contribution in [1.82, 2.24) is 4.90 Å². The standard InChI is InChI=1S/C32H65NO2/c1-4-5-6-7-8-9-10-11-12-13-14-15-16-17-18-19-20-21-22-23-24-25-26-27-28-29-30-31(32(34)35)33(2)3/h31H,4-30H2,1-3H3,(H,34,35). The van der Waals surface area contributed by atoms with E-state index in [1.54, 1.807) is 0 Å². The van der Waals surface area contributed by atoms with Crippen molar-refractivity contribution < 1.29 is 9.90 Å². The van der Waals surface area contributed by atoms with E-state index >= 15 is 0 Å². The molecule has 35 heavy (non-hydrogen) atoms. The van der Waals surface area contributed by atoms with Gasteiger partial charge in [0.05, 0.1) is 0 Å². The van der Waals surface area contributed by atoms with Crippen molar-refractivity contribution in [1.29, 1.82) is 0 Å². The van der Waals surface area contributed by atoms with E-state index in [0.717, 1.165) is 12.8 Å². The second-order valence-corrected chi connectivity index (χ2v) is 11.4. The molecule has 0 bridgehead atoms. The maximum absolute atomic E-state index is 11.2. The minimum Gasteiger partial charge on any atom is -0.480 e. The van der Waals surface area contributed by atoms with Crippen molar-refractivity contribution >= 4 is 5.97 Å². The molecule has 1 atom stereocenters. The predicted octanol–water partition coefficient (Wildman–Crippen LogP) is 10.6. The number of likely N-dealkylation sites (N-methyl/N-ethyl adjacent to an activating group) is 1. The zero-order chi connectivity index (χ0) is 25.8. The van der Waals surface area contributed by atoms with E-state index in [9.17, 15) is 9.90 Å². The number of carboxylic acid groups (broad SMARTS) is 1. The largest absolute Gasteiger partial charge is 0.480 e. The van der Waals surface area contributed by atoms with Crippen molar-refractivity contribution in [2.75, 3.05) is 14.1 Å². The number of unbranched alkanes of at least 4 members (excludes halogenated alkanes) is 25. The molecule has 0 spiro atoms. The van der Waals surface area contributed by atoms with E-state index in [0.29, 0.717) is 0 Å². The van der Waals surface area contributed by atoms with Crippen LogP contribution in [0.5, 0.6) is 0 Å². The lowest BCUT2D eigenvalue weighted by atomic mass is 10.0. The lowest BCUT2D eigenvalue weighted by molar-refractivity contribution is -0.142. The maximum Gasteiger partial charge on any atom is 0.320 e. The Morgan fingerprint density at radius 1 is 0.486 bits per heavy atom. The van der Waals surface area contributed by atoms with Crippen LogP contribution in [0, 0.1) is 0 Å². The molecule has 0 aromatic rings. The number of nitrogens with zero attached hydrogens (tertiary/aromatic N) is 1. The predicted molar refractivity (Wildman–Crippen MR) is 155 cm³/mol. The summed E-state index contributed by atoms with van der Waals surface area (Å²) in [4.78, 5) is 13.0. The molecule has 0 amide bonds. The van der Waals surface area contributed by atoms with Crippen LogP contribution >= 0.6 is 0 Å². The first kappa shape index (κ1) is 34.4. The molecule has 0 rings (SSSR count). The molecule has 3 nitrogen and oxygen atoms in total. The van der Waals surface area contributed by atoms with Crippen LogP contribution in [0.3, 0.4) is 0 Å². The van der Waals surface area contributed by atoms with Crippen LogP contribution < -0.4 is 0 Å². The normalized spacial score (nSPS) is 12.5. The second-order valence-electron chi connectivity index (χ2n) is 11.4. The molecule has 0 aliphatic carbocycles. The monoisotopic (exact) mass is 496 g/mol. The SMILES string of the molecule is CCCCCCCCCCCCCCCCCCCCCCCCCCCCC(C(=O)O)N(C)C. The molecule has 0 radical (unpaired) electrons. The third kappa shape index (κ3) is 26.3. The summed E-state index contributed by atoms with van der Waals surface area (Å²) in [5.74, 6) is -0.686. The highest BCUT2D eigenvalue weighted by atomic mass is 16.4. The van der Waals surface area contributed by atoms with Gasteiger partial charge in [0, 0.05) is 0 Å². The summed E-state index contributed by atoms with van der Waals surface area (Å²) in [7, 11) is 3.72. The lowest BCUT2D eigenvalue weighted by Gasteiger charge is -2.19. The fourth-order valence-electron chi connectivity index (χ4n) is 5.26. The van der Waals surface area contributed by atoms with Gasteiger partial charge in [0.15, 0.2) is 0 Å². The molecule has 0 saturated heterocycles. The quantitative estimate of drug-likeness (QED) is 0.105. The molecule has 0 saturated carbocycles. The van der Waals surface area contributed by atoms with Crippen molar-refractivity contribution in [2.24, 2.45) is 0 Å². The summed E-state index contributed by atoms with van der Waals surface area (Å²) < 4.78 is 0. The third-order valence-electron chi connectivity index (χ3n) is 7.74. The third-order valence-corrected chi connectivity index (χ3v) is 7.74. The second kappa shape index (κ2) is 28.0. The van der Waals surface area contributed by atoms with Crippen molar-refractivity contribution in [2.45, 2.75) is 186 Å². The van der Waals surface area contributed by atoms with Gasteiger partial charge >= 0.3 is 5.97 Å². The Morgan fingerprint density at radius 2 is 0.714 bits per heavy atom. The summed E-state index contributed by atoms with van der Waals surface area (Å²) in [6.07, 6.45) is 37.3. The molecule has 210 valence electrons. The smallest absolute Gasteiger partial charge is 0.320 e. The summed E-state index contributed by atoms with van der Waals surface area (Å²) in [5.41, 5.74) is 0. The number of carbonyl (C=O) groups is 1. The Bertz CT molecular complexity index is 424. The van der Waals surface area contributed by atoms with Crippen molar-refractivity contribution in [3.05, 3.63) is 0 Å². The van der Waals surface area contributed by atoms with Crippen LogP contribution in [0.15, 0.2) is 0 Å². The zero-order valence-corrected chi connectivity index (χ0v) is 24.5. The van der Waals surface area contributed by atoms with E-state index in [2.05, 4.69) is 6.92 Å². The van der Waals surface area contributed by atoms with Crippen LogP contribution in [-0.2, 0) is 4.79 Å². The molecule has 3 heteroatoms. The van der Waals surface area contributed by atoms with Crippen LogP contribution in [0.25, 0.3) is 0 Å². The Labute approximate surface area is 221 Å². The lowest BCUT2D eigenvalue weighted by Crippen LogP contribution is -2.35. The minimum absolute atomic E-state index is 0.315. The average Bonchev–Trinajstić information content (AvgIpc) is 2.83. The van der Waals surface area contributed by atoms with Crippen LogP contribution in [-0.4, -0.2) is 36.1 Å². The summed E-state index contributed by atoms with van der Waals surface area (Å²) in [6.45, 7) is 2.30. The molecule has 0 heterocycles. The molecule has 0 fully saturated rings. The fourth-order valence-corrected chi connectivity index (χ4v) is 5.26. The van der Waals surface area contributed by atoms with Gasteiger partial charge in [-0.05, 0) is 20.5 Å².